The van der Waals surface area contributed by atoms with Crippen molar-refractivity contribution in [2.75, 3.05) is 7.11 Å². The number of thiazole rings is 1. The van der Waals surface area contributed by atoms with Gasteiger partial charge < -0.3 is 10.1 Å². The zero-order valence-electron chi connectivity index (χ0n) is 12.6. The van der Waals surface area contributed by atoms with Crippen LogP contribution >= 0.6 is 11.3 Å². The summed E-state index contributed by atoms with van der Waals surface area (Å²) >= 11 is 1.76. The zero-order valence-corrected chi connectivity index (χ0v) is 13.4. The standard InChI is InChI=1S/C16H22N2OS/c1-5-11(2)17-10-15-12(3)18-16(20-15)13-7-6-8-14(9-13)19-4/h6-9,11,17H,5,10H2,1-4H3. The van der Waals surface area contributed by atoms with E-state index in [1.807, 2.05) is 18.2 Å². The van der Waals surface area contributed by atoms with Gasteiger partial charge in [-0.25, -0.2) is 4.98 Å². The molecule has 2 aromatic rings. The molecule has 2 rings (SSSR count). The summed E-state index contributed by atoms with van der Waals surface area (Å²) in [4.78, 5) is 5.99. The van der Waals surface area contributed by atoms with E-state index in [1.165, 1.54) is 4.88 Å². The summed E-state index contributed by atoms with van der Waals surface area (Å²) in [6, 6.07) is 8.60. The maximum Gasteiger partial charge on any atom is 0.124 e. The van der Waals surface area contributed by atoms with Crippen molar-refractivity contribution in [2.45, 2.75) is 39.8 Å². The third-order valence-electron chi connectivity index (χ3n) is 3.43. The number of nitrogens with one attached hydrogen (secondary N) is 1. The first-order valence-electron chi connectivity index (χ1n) is 6.98. The molecule has 0 saturated heterocycles. The number of hydrogen-bond donors (Lipinski definition) is 1. The molecule has 0 saturated carbocycles. The summed E-state index contributed by atoms with van der Waals surface area (Å²) in [7, 11) is 1.69. The summed E-state index contributed by atoms with van der Waals surface area (Å²) in [6.07, 6.45) is 1.14. The van der Waals surface area contributed by atoms with Crippen molar-refractivity contribution in [3.8, 4) is 16.3 Å². The molecule has 1 aromatic heterocycles. The van der Waals surface area contributed by atoms with Gasteiger partial charge in [-0.15, -0.1) is 11.3 Å². The molecule has 1 unspecified atom stereocenters. The van der Waals surface area contributed by atoms with Gasteiger partial charge >= 0.3 is 0 Å². The van der Waals surface area contributed by atoms with Gasteiger partial charge in [0.05, 0.1) is 12.8 Å². The molecule has 1 aromatic carbocycles. The highest BCUT2D eigenvalue weighted by molar-refractivity contribution is 7.15. The van der Waals surface area contributed by atoms with Crippen LogP contribution in [-0.2, 0) is 6.54 Å². The smallest absolute Gasteiger partial charge is 0.124 e. The molecule has 0 radical (unpaired) electrons. The first kappa shape index (κ1) is 15.0. The largest absolute Gasteiger partial charge is 0.497 e. The lowest BCUT2D eigenvalue weighted by Crippen LogP contribution is -2.24. The van der Waals surface area contributed by atoms with Gasteiger partial charge in [-0.05, 0) is 32.4 Å². The van der Waals surface area contributed by atoms with E-state index in [0.717, 1.165) is 35.0 Å². The van der Waals surface area contributed by atoms with E-state index in [4.69, 9.17) is 4.74 Å². The fraction of sp³-hybridized carbons (Fsp3) is 0.438. The number of benzene rings is 1. The minimum absolute atomic E-state index is 0.539. The summed E-state index contributed by atoms with van der Waals surface area (Å²) in [5.74, 6) is 0.870. The average molecular weight is 290 g/mol. The normalized spacial score (nSPS) is 12.4. The molecule has 0 aliphatic carbocycles. The molecular formula is C16H22N2OS. The van der Waals surface area contributed by atoms with Gasteiger partial charge in [0, 0.05) is 23.0 Å². The Morgan fingerprint density at radius 3 is 2.90 bits per heavy atom. The van der Waals surface area contributed by atoms with Crippen molar-refractivity contribution in [2.24, 2.45) is 0 Å². The molecule has 0 bridgehead atoms. The molecule has 1 N–H and O–H groups in total. The molecule has 4 heteroatoms. The predicted octanol–water partition coefficient (Wildman–Crippen LogP) is 4.02. The molecular weight excluding hydrogens is 268 g/mol. The number of nitrogens with zero attached hydrogens (tertiary/aromatic N) is 1. The van der Waals surface area contributed by atoms with Crippen molar-refractivity contribution in [1.29, 1.82) is 0 Å². The molecule has 1 atom stereocenters. The molecule has 0 fully saturated rings. The Balaban J connectivity index is 2.17. The van der Waals surface area contributed by atoms with Crippen LogP contribution in [0.25, 0.3) is 10.6 Å². The Morgan fingerprint density at radius 1 is 1.40 bits per heavy atom. The topological polar surface area (TPSA) is 34.1 Å². The van der Waals surface area contributed by atoms with Crippen molar-refractivity contribution in [3.63, 3.8) is 0 Å². The fourth-order valence-electron chi connectivity index (χ4n) is 1.88. The monoisotopic (exact) mass is 290 g/mol. The Hall–Kier alpha value is -1.39. The number of hydrogen-bond acceptors (Lipinski definition) is 4. The second kappa shape index (κ2) is 6.86. The predicted molar refractivity (Wildman–Crippen MR) is 85.4 cm³/mol. The Morgan fingerprint density at radius 2 is 2.20 bits per heavy atom. The molecule has 0 spiro atoms. The lowest BCUT2D eigenvalue weighted by Gasteiger charge is -2.09. The van der Waals surface area contributed by atoms with Crippen LogP contribution in [0.1, 0.15) is 30.8 Å². The van der Waals surface area contributed by atoms with Crippen LogP contribution in [0.4, 0.5) is 0 Å². The lowest BCUT2D eigenvalue weighted by atomic mass is 10.2. The van der Waals surface area contributed by atoms with Crippen LogP contribution in [-0.4, -0.2) is 18.1 Å². The molecule has 3 nitrogen and oxygen atoms in total. The third-order valence-corrected chi connectivity index (χ3v) is 4.64. The van der Waals surface area contributed by atoms with E-state index in [9.17, 15) is 0 Å². The number of aryl methyl sites for hydroxylation is 1. The van der Waals surface area contributed by atoms with E-state index >= 15 is 0 Å². The van der Waals surface area contributed by atoms with Crippen LogP contribution in [0.3, 0.4) is 0 Å². The molecule has 20 heavy (non-hydrogen) atoms. The maximum atomic E-state index is 5.27. The van der Waals surface area contributed by atoms with Gasteiger partial charge in [0.15, 0.2) is 0 Å². The van der Waals surface area contributed by atoms with Crippen molar-refractivity contribution < 1.29 is 4.74 Å². The van der Waals surface area contributed by atoms with Crippen LogP contribution < -0.4 is 10.1 Å². The number of ether oxygens (including phenoxy) is 1. The van der Waals surface area contributed by atoms with Crippen LogP contribution in [0.15, 0.2) is 24.3 Å². The van der Waals surface area contributed by atoms with Gasteiger partial charge in [0.25, 0.3) is 0 Å². The van der Waals surface area contributed by atoms with E-state index in [1.54, 1.807) is 18.4 Å². The highest BCUT2D eigenvalue weighted by Crippen LogP contribution is 2.30. The van der Waals surface area contributed by atoms with Gasteiger partial charge in [-0.2, -0.15) is 0 Å². The summed E-state index contributed by atoms with van der Waals surface area (Å²) < 4.78 is 5.27. The van der Waals surface area contributed by atoms with Gasteiger partial charge in [0.1, 0.15) is 10.8 Å². The van der Waals surface area contributed by atoms with E-state index in [-0.39, 0.29) is 0 Å². The van der Waals surface area contributed by atoms with Gasteiger partial charge in [-0.3, -0.25) is 0 Å². The quantitative estimate of drug-likeness (QED) is 0.872. The second-order valence-corrected chi connectivity index (χ2v) is 6.03. The average Bonchev–Trinajstić information content (AvgIpc) is 2.86. The third kappa shape index (κ3) is 3.58. The van der Waals surface area contributed by atoms with Crippen LogP contribution in [0.5, 0.6) is 5.75 Å². The minimum atomic E-state index is 0.539. The summed E-state index contributed by atoms with van der Waals surface area (Å²) in [6.45, 7) is 7.37. The van der Waals surface area contributed by atoms with Gasteiger partial charge in [-0.1, -0.05) is 19.1 Å². The van der Waals surface area contributed by atoms with Crippen molar-refractivity contribution >= 4 is 11.3 Å². The Kier molecular flexibility index (Phi) is 5.15. The molecule has 108 valence electrons. The highest BCUT2D eigenvalue weighted by atomic mass is 32.1. The van der Waals surface area contributed by atoms with Crippen LogP contribution in [0.2, 0.25) is 0 Å². The molecule has 1 heterocycles. The maximum absolute atomic E-state index is 5.27. The Labute approximate surface area is 125 Å². The van der Waals surface area contributed by atoms with E-state index in [0.29, 0.717) is 6.04 Å². The highest BCUT2D eigenvalue weighted by Gasteiger charge is 2.10. The minimum Gasteiger partial charge on any atom is -0.497 e. The molecule has 0 aliphatic rings. The number of methoxy groups -OCH3 is 1. The zero-order chi connectivity index (χ0) is 14.5. The van der Waals surface area contributed by atoms with Gasteiger partial charge in [0.2, 0.25) is 0 Å². The summed E-state index contributed by atoms with van der Waals surface area (Å²) in [5, 5.41) is 4.58. The molecule has 0 amide bonds. The van der Waals surface area contributed by atoms with E-state index < -0.39 is 0 Å². The van der Waals surface area contributed by atoms with Crippen molar-refractivity contribution in [3.05, 3.63) is 34.8 Å². The lowest BCUT2D eigenvalue weighted by molar-refractivity contribution is 0.415. The first-order chi connectivity index (χ1) is 9.63. The fourth-order valence-corrected chi connectivity index (χ4v) is 2.89. The van der Waals surface area contributed by atoms with Crippen LogP contribution in [0, 0.1) is 6.92 Å². The van der Waals surface area contributed by atoms with E-state index in [2.05, 4.69) is 37.1 Å². The number of rotatable bonds is 6. The SMILES string of the molecule is CCC(C)NCc1sc(-c2cccc(OC)c2)nc1C. The molecule has 0 aliphatic heterocycles. The summed E-state index contributed by atoms with van der Waals surface area (Å²) in [5.41, 5.74) is 2.23. The number of aromatic nitrogens is 1. The Bertz CT molecular complexity index is 565. The van der Waals surface area contributed by atoms with Crippen molar-refractivity contribution in [1.82, 2.24) is 10.3 Å². The first-order valence-corrected chi connectivity index (χ1v) is 7.79. The second-order valence-electron chi connectivity index (χ2n) is 4.95.